The normalized spacial score (nSPS) is 12.7. The quantitative estimate of drug-likeness (QED) is 0.727. The Bertz CT molecular complexity index is 921. The van der Waals surface area contributed by atoms with Gasteiger partial charge in [-0.05, 0) is 29.8 Å². The molecule has 0 unspecified atom stereocenters. The first-order chi connectivity index (χ1) is 12.7. The summed E-state index contributed by atoms with van der Waals surface area (Å²) in [5, 5.41) is 0. The van der Waals surface area contributed by atoms with Gasteiger partial charge in [0.15, 0.2) is 11.5 Å². The summed E-state index contributed by atoms with van der Waals surface area (Å²) in [6.07, 6.45) is 3.25. The van der Waals surface area contributed by atoms with Crippen LogP contribution in [0.5, 0.6) is 11.5 Å². The van der Waals surface area contributed by atoms with Gasteiger partial charge in [-0.2, -0.15) is 0 Å². The zero-order chi connectivity index (χ0) is 17.9. The first-order valence-corrected chi connectivity index (χ1v) is 8.44. The Labute approximate surface area is 151 Å². The van der Waals surface area contributed by atoms with Crippen molar-refractivity contribution in [3.63, 3.8) is 0 Å². The van der Waals surface area contributed by atoms with E-state index >= 15 is 0 Å². The molecule has 0 bridgehead atoms. The number of hydrogen-bond acceptors (Lipinski definition) is 4. The molecule has 0 saturated carbocycles. The molecule has 3 aromatic rings. The smallest absolute Gasteiger partial charge is 0.272 e. The largest absolute Gasteiger partial charge is 0.486 e. The van der Waals surface area contributed by atoms with Crippen LogP contribution in [-0.4, -0.2) is 40.6 Å². The van der Waals surface area contributed by atoms with E-state index in [2.05, 4.69) is 4.98 Å². The highest BCUT2D eigenvalue weighted by Crippen LogP contribution is 2.31. The van der Waals surface area contributed by atoms with Gasteiger partial charge in [-0.1, -0.05) is 24.3 Å². The van der Waals surface area contributed by atoms with Crippen LogP contribution in [0.4, 0.5) is 0 Å². The molecule has 0 saturated heterocycles. The summed E-state index contributed by atoms with van der Waals surface area (Å²) < 4.78 is 12.9. The Balaban J connectivity index is 1.53. The van der Waals surface area contributed by atoms with Gasteiger partial charge in [-0.15, -0.1) is 0 Å². The van der Waals surface area contributed by atoms with Crippen molar-refractivity contribution in [2.45, 2.75) is 6.54 Å². The lowest BCUT2D eigenvalue weighted by Gasteiger charge is -2.21. The molecule has 1 aromatic heterocycles. The predicted molar refractivity (Wildman–Crippen MR) is 96.8 cm³/mol. The third-order valence-electron chi connectivity index (χ3n) is 4.27. The molecule has 26 heavy (non-hydrogen) atoms. The molecule has 0 aliphatic carbocycles. The fourth-order valence-electron chi connectivity index (χ4n) is 2.97. The van der Waals surface area contributed by atoms with Crippen LogP contribution in [0, 0.1) is 0 Å². The fraction of sp³-hybridized carbons (Fsp3) is 0.200. The molecule has 2 aromatic carbocycles. The first-order valence-electron chi connectivity index (χ1n) is 8.44. The molecule has 1 amide bonds. The monoisotopic (exact) mass is 349 g/mol. The minimum atomic E-state index is -0.0961. The molecular weight excluding hydrogens is 330 g/mol. The number of carbonyl (C=O) groups is 1. The summed E-state index contributed by atoms with van der Waals surface area (Å²) >= 11 is 0. The molecule has 1 aliphatic rings. The zero-order valence-electron chi connectivity index (χ0n) is 14.5. The molecule has 0 atom stereocenters. The third-order valence-corrected chi connectivity index (χ3v) is 4.27. The second kappa shape index (κ2) is 6.92. The minimum Gasteiger partial charge on any atom is -0.486 e. The Kier molecular flexibility index (Phi) is 4.31. The van der Waals surface area contributed by atoms with E-state index in [4.69, 9.17) is 9.47 Å². The number of aromatic nitrogens is 2. The summed E-state index contributed by atoms with van der Waals surface area (Å²) in [4.78, 5) is 18.7. The van der Waals surface area contributed by atoms with Gasteiger partial charge in [0.05, 0.1) is 12.5 Å². The van der Waals surface area contributed by atoms with Crippen LogP contribution in [0.3, 0.4) is 0 Å². The lowest BCUT2D eigenvalue weighted by atomic mass is 10.2. The van der Waals surface area contributed by atoms with Crippen LogP contribution in [-0.2, 0) is 6.54 Å². The third kappa shape index (κ3) is 3.13. The molecule has 0 spiro atoms. The number of amides is 1. The van der Waals surface area contributed by atoms with Crippen LogP contribution >= 0.6 is 0 Å². The molecule has 6 heteroatoms. The van der Waals surface area contributed by atoms with Gasteiger partial charge in [0, 0.05) is 19.3 Å². The van der Waals surface area contributed by atoms with E-state index in [1.807, 2.05) is 48.5 Å². The van der Waals surface area contributed by atoms with Crippen LogP contribution in [0.15, 0.2) is 61.1 Å². The van der Waals surface area contributed by atoms with Crippen LogP contribution in [0.25, 0.3) is 5.69 Å². The second-order valence-corrected chi connectivity index (χ2v) is 6.12. The van der Waals surface area contributed by atoms with E-state index in [9.17, 15) is 4.79 Å². The van der Waals surface area contributed by atoms with Gasteiger partial charge in [-0.25, -0.2) is 4.98 Å². The summed E-state index contributed by atoms with van der Waals surface area (Å²) in [6.45, 7) is 1.57. The minimum absolute atomic E-state index is 0.0961. The van der Waals surface area contributed by atoms with Crippen molar-refractivity contribution >= 4 is 5.91 Å². The van der Waals surface area contributed by atoms with E-state index in [0.29, 0.717) is 25.5 Å². The van der Waals surface area contributed by atoms with Gasteiger partial charge in [0.25, 0.3) is 5.91 Å². The van der Waals surface area contributed by atoms with E-state index in [1.165, 1.54) is 0 Å². The maximum absolute atomic E-state index is 12.9. The standard InChI is InChI=1S/C20H19N3O3/c1-22(13-15-7-8-18-19(11-15)26-10-9-25-18)20(24)17-12-21-14-23(17)16-5-3-2-4-6-16/h2-8,11-12,14H,9-10,13H2,1H3. The molecule has 0 N–H and O–H groups in total. The van der Waals surface area contributed by atoms with Crippen molar-refractivity contribution in [3.05, 3.63) is 72.3 Å². The molecule has 6 nitrogen and oxygen atoms in total. The van der Waals surface area contributed by atoms with Crippen molar-refractivity contribution in [1.29, 1.82) is 0 Å². The van der Waals surface area contributed by atoms with E-state index in [0.717, 1.165) is 22.7 Å². The number of fused-ring (bicyclic) bond motifs is 1. The fourth-order valence-corrected chi connectivity index (χ4v) is 2.97. The van der Waals surface area contributed by atoms with Crippen molar-refractivity contribution in [1.82, 2.24) is 14.5 Å². The second-order valence-electron chi connectivity index (χ2n) is 6.12. The van der Waals surface area contributed by atoms with Gasteiger partial charge in [0.1, 0.15) is 18.9 Å². The number of ether oxygens (including phenoxy) is 2. The number of nitrogens with zero attached hydrogens (tertiary/aromatic N) is 3. The molecule has 0 radical (unpaired) electrons. The molecule has 2 heterocycles. The number of hydrogen-bond donors (Lipinski definition) is 0. The van der Waals surface area contributed by atoms with Crippen LogP contribution < -0.4 is 9.47 Å². The molecule has 1 aliphatic heterocycles. The van der Waals surface area contributed by atoms with Crippen molar-refractivity contribution in [2.75, 3.05) is 20.3 Å². The van der Waals surface area contributed by atoms with Gasteiger partial charge < -0.3 is 14.4 Å². The average Bonchev–Trinajstić information content (AvgIpc) is 3.17. The lowest BCUT2D eigenvalue weighted by Crippen LogP contribution is -2.28. The summed E-state index contributed by atoms with van der Waals surface area (Å²) in [7, 11) is 1.78. The topological polar surface area (TPSA) is 56.6 Å². The maximum Gasteiger partial charge on any atom is 0.272 e. The molecule has 132 valence electrons. The number of imidazole rings is 1. The first kappa shape index (κ1) is 16.2. The molecular formula is C20H19N3O3. The summed E-state index contributed by atoms with van der Waals surface area (Å²) in [6, 6.07) is 15.5. The Hall–Kier alpha value is -3.28. The zero-order valence-corrected chi connectivity index (χ0v) is 14.5. The van der Waals surface area contributed by atoms with E-state index in [-0.39, 0.29) is 5.91 Å². The van der Waals surface area contributed by atoms with Gasteiger partial charge in [-0.3, -0.25) is 9.36 Å². The summed E-state index contributed by atoms with van der Waals surface area (Å²) in [5.41, 5.74) is 2.41. The Morgan fingerprint density at radius 2 is 1.88 bits per heavy atom. The highest BCUT2D eigenvalue weighted by atomic mass is 16.6. The highest BCUT2D eigenvalue weighted by molar-refractivity contribution is 5.92. The number of para-hydroxylation sites is 1. The van der Waals surface area contributed by atoms with Crippen LogP contribution in [0.1, 0.15) is 16.1 Å². The van der Waals surface area contributed by atoms with Crippen molar-refractivity contribution in [3.8, 4) is 17.2 Å². The van der Waals surface area contributed by atoms with E-state index < -0.39 is 0 Å². The van der Waals surface area contributed by atoms with Crippen molar-refractivity contribution < 1.29 is 14.3 Å². The lowest BCUT2D eigenvalue weighted by molar-refractivity contribution is 0.0777. The Morgan fingerprint density at radius 3 is 2.69 bits per heavy atom. The van der Waals surface area contributed by atoms with Gasteiger partial charge in [0.2, 0.25) is 0 Å². The number of rotatable bonds is 4. The predicted octanol–water partition coefficient (Wildman–Crippen LogP) is 2.92. The number of benzene rings is 2. The van der Waals surface area contributed by atoms with Crippen LogP contribution in [0.2, 0.25) is 0 Å². The SMILES string of the molecule is CN(Cc1ccc2c(c1)OCCO2)C(=O)c1cncn1-c1ccccc1. The summed E-state index contributed by atoms with van der Waals surface area (Å²) in [5.74, 6) is 1.38. The Morgan fingerprint density at radius 1 is 1.12 bits per heavy atom. The van der Waals surface area contributed by atoms with Gasteiger partial charge >= 0.3 is 0 Å². The highest BCUT2D eigenvalue weighted by Gasteiger charge is 2.19. The van der Waals surface area contributed by atoms with Crippen molar-refractivity contribution in [2.24, 2.45) is 0 Å². The molecule has 0 fully saturated rings. The maximum atomic E-state index is 12.9. The number of carbonyl (C=O) groups excluding carboxylic acids is 1. The average molecular weight is 349 g/mol. The molecule has 4 rings (SSSR count). The van der Waals surface area contributed by atoms with E-state index in [1.54, 1.807) is 29.0 Å².